The normalized spacial score (nSPS) is 18.3. The molecule has 2 aliphatic rings. The number of carbonyl (C=O) groups excluding carboxylic acids is 2. The zero-order valence-corrected chi connectivity index (χ0v) is 16.1. The Kier molecular flexibility index (Phi) is 4.52. The molecule has 0 aliphatic carbocycles. The van der Waals surface area contributed by atoms with Crippen LogP contribution in [0.1, 0.15) is 24.0 Å². The lowest BCUT2D eigenvalue weighted by molar-refractivity contribution is -0.122. The fourth-order valence-corrected chi connectivity index (χ4v) is 4.07. The van der Waals surface area contributed by atoms with Gasteiger partial charge >= 0.3 is 0 Å². The first kappa shape index (κ1) is 17.8. The van der Waals surface area contributed by atoms with Crippen LogP contribution < -0.4 is 15.1 Å². The highest BCUT2D eigenvalue weighted by Crippen LogP contribution is 2.39. The molecule has 1 aromatic heterocycles. The largest absolute Gasteiger partial charge is 0.343 e. The van der Waals surface area contributed by atoms with Crippen LogP contribution in [0, 0.1) is 13.8 Å². The van der Waals surface area contributed by atoms with Crippen molar-refractivity contribution in [2.45, 2.75) is 32.7 Å². The SMILES string of the molecule is Cc1cccc(C)c1NC(=O)CN1C(=O)C2CCCN2c2ncc(Cl)cc21. The van der Waals surface area contributed by atoms with E-state index in [9.17, 15) is 9.59 Å². The highest BCUT2D eigenvalue weighted by Gasteiger charge is 2.42. The number of anilines is 3. The first-order valence-electron chi connectivity index (χ1n) is 9.05. The Morgan fingerprint density at radius 2 is 2.07 bits per heavy atom. The Morgan fingerprint density at radius 1 is 1.33 bits per heavy atom. The van der Waals surface area contributed by atoms with Gasteiger partial charge in [-0.05, 0) is 43.9 Å². The van der Waals surface area contributed by atoms with Crippen LogP contribution in [0.3, 0.4) is 0 Å². The number of pyridine rings is 1. The second-order valence-electron chi connectivity index (χ2n) is 7.09. The van der Waals surface area contributed by atoms with Crippen molar-refractivity contribution in [1.29, 1.82) is 0 Å². The first-order chi connectivity index (χ1) is 13.0. The Labute approximate surface area is 163 Å². The van der Waals surface area contributed by atoms with E-state index in [1.165, 1.54) is 4.90 Å². The van der Waals surface area contributed by atoms with Gasteiger partial charge < -0.3 is 10.2 Å². The minimum atomic E-state index is -0.251. The van der Waals surface area contributed by atoms with Crippen LogP contribution in [0.5, 0.6) is 0 Å². The van der Waals surface area contributed by atoms with Gasteiger partial charge in [0.25, 0.3) is 0 Å². The summed E-state index contributed by atoms with van der Waals surface area (Å²) < 4.78 is 0. The summed E-state index contributed by atoms with van der Waals surface area (Å²) >= 11 is 6.12. The molecule has 3 heterocycles. The lowest BCUT2D eigenvalue weighted by atomic mass is 10.1. The van der Waals surface area contributed by atoms with Gasteiger partial charge in [-0.2, -0.15) is 0 Å². The van der Waals surface area contributed by atoms with E-state index in [-0.39, 0.29) is 24.4 Å². The molecule has 1 fully saturated rings. The van der Waals surface area contributed by atoms with Gasteiger partial charge in [0.2, 0.25) is 11.8 Å². The molecule has 1 N–H and O–H groups in total. The number of aromatic nitrogens is 1. The highest BCUT2D eigenvalue weighted by atomic mass is 35.5. The molecule has 140 valence electrons. The Balaban J connectivity index is 1.63. The number of rotatable bonds is 3. The van der Waals surface area contributed by atoms with Crippen molar-refractivity contribution >= 4 is 40.6 Å². The highest BCUT2D eigenvalue weighted by molar-refractivity contribution is 6.31. The fraction of sp³-hybridized carbons (Fsp3) is 0.350. The lowest BCUT2D eigenvalue weighted by Gasteiger charge is -2.38. The van der Waals surface area contributed by atoms with Gasteiger partial charge in [-0.15, -0.1) is 0 Å². The second-order valence-corrected chi connectivity index (χ2v) is 7.52. The number of nitrogens with zero attached hydrogens (tertiary/aromatic N) is 3. The van der Waals surface area contributed by atoms with Crippen molar-refractivity contribution < 1.29 is 9.59 Å². The first-order valence-corrected chi connectivity index (χ1v) is 9.43. The summed E-state index contributed by atoms with van der Waals surface area (Å²) in [7, 11) is 0. The lowest BCUT2D eigenvalue weighted by Crippen LogP contribution is -2.53. The quantitative estimate of drug-likeness (QED) is 0.881. The Bertz CT molecular complexity index is 910. The molecule has 0 radical (unpaired) electrons. The number of hydrogen-bond acceptors (Lipinski definition) is 4. The van der Waals surface area contributed by atoms with Crippen molar-refractivity contribution in [2.75, 3.05) is 28.2 Å². The number of aryl methyl sites for hydroxylation is 2. The van der Waals surface area contributed by atoms with E-state index in [2.05, 4.69) is 10.3 Å². The van der Waals surface area contributed by atoms with E-state index < -0.39 is 0 Å². The van der Waals surface area contributed by atoms with E-state index in [1.807, 2.05) is 36.9 Å². The molecule has 0 bridgehead atoms. The second kappa shape index (κ2) is 6.85. The van der Waals surface area contributed by atoms with Crippen LogP contribution in [0.25, 0.3) is 0 Å². The number of halogens is 1. The van der Waals surface area contributed by atoms with E-state index in [1.54, 1.807) is 12.3 Å². The predicted molar refractivity (Wildman–Crippen MR) is 107 cm³/mol. The maximum atomic E-state index is 13.0. The molecule has 6 nitrogen and oxygen atoms in total. The third-order valence-corrected chi connectivity index (χ3v) is 5.43. The smallest absolute Gasteiger partial charge is 0.250 e. The topological polar surface area (TPSA) is 65.5 Å². The number of amides is 2. The van der Waals surface area contributed by atoms with Crippen molar-refractivity contribution in [3.8, 4) is 0 Å². The summed E-state index contributed by atoms with van der Waals surface area (Å²) in [6, 6.07) is 7.31. The summed E-state index contributed by atoms with van der Waals surface area (Å²) in [6.45, 7) is 4.63. The molecule has 2 aliphatic heterocycles. The Hall–Kier alpha value is -2.60. The zero-order chi connectivity index (χ0) is 19.1. The standard InChI is InChI=1S/C20H21ClN4O2/c1-12-5-3-6-13(2)18(12)23-17(26)11-25-16-9-14(21)10-22-19(16)24-8-4-7-15(24)20(25)27/h3,5-6,9-10,15H,4,7-8,11H2,1-2H3,(H,23,26). The molecule has 0 spiro atoms. The van der Waals surface area contributed by atoms with Crippen molar-refractivity contribution in [3.63, 3.8) is 0 Å². The molecule has 1 aromatic carbocycles. The Morgan fingerprint density at radius 3 is 2.81 bits per heavy atom. The number of nitrogens with one attached hydrogen (secondary N) is 1. The molecular weight excluding hydrogens is 364 g/mol. The van der Waals surface area contributed by atoms with Crippen LogP contribution in [-0.4, -0.2) is 35.9 Å². The molecule has 27 heavy (non-hydrogen) atoms. The molecule has 2 amide bonds. The summed E-state index contributed by atoms with van der Waals surface area (Å²) in [5.41, 5.74) is 3.36. The predicted octanol–water partition coefficient (Wildman–Crippen LogP) is 3.31. The van der Waals surface area contributed by atoms with Crippen LogP contribution in [-0.2, 0) is 9.59 Å². The number of carbonyl (C=O) groups is 2. The third kappa shape index (κ3) is 3.14. The summed E-state index contributed by atoms with van der Waals surface area (Å²) in [5, 5.41) is 3.40. The average Bonchev–Trinajstić information content (AvgIpc) is 3.12. The summed E-state index contributed by atoms with van der Waals surface area (Å²) in [5.74, 6) is 0.417. The van der Waals surface area contributed by atoms with Crippen molar-refractivity contribution in [1.82, 2.24) is 4.98 Å². The number of hydrogen-bond donors (Lipinski definition) is 1. The third-order valence-electron chi connectivity index (χ3n) is 5.23. The number of benzene rings is 1. The molecule has 1 unspecified atom stereocenters. The van der Waals surface area contributed by atoms with Gasteiger partial charge in [-0.1, -0.05) is 29.8 Å². The number of fused-ring (bicyclic) bond motifs is 3. The van der Waals surface area contributed by atoms with E-state index in [4.69, 9.17) is 11.6 Å². The van der Waals surface area contributed by atoms with Crippen LogP contribution in [0.2, 0.25) is 5.02 Å². The molecule has 7 heteroatoms. The molecule has 0 saturated carbocycles. The molecule has 4 rings (SSSR count). The minimum Gasteiger partial charge on any atom is -0.343 e. The minimum absolute atomic E-state index is 0.0635. The summed E-state index contributed by atoms with van der Waals surface area (Å²) in [6.07, 6.45) is 3.29. The maximum Gasteiger partial charge on any atom is 0.250 e. The average molecular weight is 385 g/mol. The molecular formula is C20H21ClN4O2. The monoisotopic (exact) mass is 384 g/mol. The van der Waals surface area contributed by atoms with Gasteiger partial charge in [-0.3, -0.25) is 14.5 Å². The van der Waals surface area contributed by atoms with E-state index in [0.29, 0.717) is 10.7 Å². The maximum absolute atomic E-state index is 13.0. The summed E-state index contributed by atoms with van der Waals surface area (Å²) in [4.78, 5) is 33.8. The fourth-order valence-electron chi connectivity index (χ4n) is 3.91. The molecule has 2 aromatic rings. The van der Waals surface area contributed by atoms with Gasteiger partial charge in [0.15, 0.2) is 5.82 Å². The van der Waals surface area contributed by atoms with E-state index in [0.717, 1.165) is 42.0 Å². The van der Waals surface area contributed by atoms with Crippen molar-refractivity contribution in [3.05, 3.63) is 46.6 Å². The molecule has 1 saturated heterocycles. The van der Waals surface area contributed by atoms with Crippen molar-refractivity contribution in [2.24, 2.45) is 0 Å². The van der Waals surface area contributed by atoms with Crippen LogP contribution in [0.15, 0.2) is 30.5 Å². The van der Waals surface area contributed by atoms with Gasteiger partial charge in [0, 0.05) is 18.4 Å². The zero-order valence-electron chi connectivity index (χ0n) is 15.3. The van der Waals surface area contributed by atoms with Gasteiger partial charge in [0.1, 0.15) is 12.6 Å². The van der Waals surface area contributed by atoms with Crippen LogP contribution >= 0.6 is 11.6 Å². The van der Waals surface area contributed by atoms with Crippen LogP contribution in [0.4, 0.5) is 17.2 Å². The van der Waals surface area contributed by atoms with Gasteiger partial charge in [-0.25, -0.2) is 4.98 Å². The number of para-hydroxylation sites is 1. The van der Waals surface area contributed by atoms with E-state index >= 15 is 0 Å². The molecule has 1 atom stereocenters. The van der Waals surface area contributed by atoms with Gasteiger partial charge in [0.05, 0.1) is 10.7 Å².